The third-order valence-corrected chi connectivity index (χ3v) is 4.06. The molecule has 1 rings (SSSR count). The molecule has 1 N–H and O–H groups in total. The van der Waals surface area contributed by atoms with Gasteiger partial charge in [-0.25, -0.2) is 0 Å². The first-order valence-electron chi connectivity index (χ1n) is 7.62. The fraction of sp³-hybridized carbons (Fsp3) is 0.647. The van der Waals surface area contributed by atoms with Crippen molar-refractivity contribution in [1.82, 2.24) is 0 Å². The maximum Gasteiger partial charge on any atom is 0.0462 e. The van der Waals surface area contributed by atoms with Crippen LogP contribution in [-0.4, -0.2) is 11.7 Å². The van der Waals surface area contributed by atoms with E-state index < -0.39 is 0 Å². The van der Waals surface area contributed by atoms with E-state index in [9.17, 15) is 5.11 Å². The predicted octanol–water partition coefficient (Wildman–Crippen LogP) is 5.24. The van der Waals surface area contributed by atoms with Crippen molar-refractivity contribution < 1.29 is 5.11 Å². The lowest BCUT2D eigenvalue weighted by Crippen LogP contribution is -2.10. The molecule has 1 aromatic rings. The standard InChI is InChI=1S/C17H27ClO/c1-2-3-4-5-6-7-10-15(14-19)13-16-11-8-9-12-17(16)18/h8-9,11-12,15,19H,2-7,10,13-14H2,1H3. The summed E-state index contributed by atoms with van der Waals surface area (Å²) in [5, 5.41) is 10.3. The Labute approximate surface area is 123 Å². The zero-order valence-corrected chi connectivity index (χ0v) is 12.8. The number of hydrogen-bond acceptors (Lipinski definition) is 1. The van der Waals surface area contributed by atoms with Crippen molar-refractivity contribution in [2.75, 3.05) is 6.61 Å². The summed E-state index contributed by atoms with van der Waals surface area (Å²) in [6.07, 6.45) is 9.84. The Bertz CT molecular complexity index is 338. The van der Waals surface area contributed by atoms with Crippen LogP contribution in [-0.2, 0) is 6.42 Å². The normalized spacial score (nSPS) is 12.6. The monoisotopic (exact) mass is 282 g/mol. The molecule has 0 radical (unpaired) electrons. The zero-order chi connectivity index (χ0) is 13.9. The summed E-state index contributed by atoms with van der Waals surface area (Å²) in [6, 6.07) is 7.95. The van der Waals surface area contributed by atoms with E-state index in [4.69, 9.17) is 11.6 Å². The topological polar surface area (TPSA) is 20.2 Å². The first-order chi connectivity index (χ1) is 9.27. The largest absolute Gasteiger partial charge is 0.396 e. The quantitative estimate of drug-likeness (QED) is 0.582. The molecule has 0 fully saturated rings. The molecule has 0 bridgehead atoms. The summed E-state index contributed by atoms with van der Waals surface area (Å²) in [5.74, 6) is 0.353. The van der Waals surface area contributed by atoms with Gasteiger partial charge < -0.3 is 5.11 Å². The Kier molecular flexibility index (Phi) is 8.94. The van der Waals surface area contributed by atoms with E-state index in [0.29, 0.717) is 5.92 Å². The molecular formula is C17H27ClO. The molecule has 0 aromatic heterocycles. The molecule has 0 saturated heterocycles. The number of halogens is 1. The average molecular weight is 283 g/mol. The van der Waals surface area contributed by atoms with E-state index in [1.165, 1.54) is 38.5 Å². The molecule has 1 aromatic carbocycles. The first-order valence-corrected chi connectivity index (χ1v) is 8.00. The van der Waals surface area contributed by atoms with Crippen molar-refractivity contribution in [2.45, 2.75) is 58.3 Å². The Hall–Kier alpha value is -0.530. The highest BCUT2D eigenvalue weighted by Gasteiger charge is 2.10. The van der Waals surface area contributed by atoms with E-state index in [2.05, 4.69) is 13.0 Å². The number of hydrogen-bond donors (Lipinski definition) is 1. The average Bonchev–Trinajstić information content (AvgIpc) is 2.43. The molecule has 0 spiro atoms. The van der Waals surface area contributed by atoms with Gasteiger partial charge in [-0.05, 0) is 30.4 Å². The summed E-state index contributed by atoms with van der Waals surface area (Å²) >= 11 is 6.16. The Balaban J connectivity index is 2.24. The van der Waals surface area contributed by atoms with E-state index in [0.717, 1.165) is 23.4 Å². The van der Waals surface area contributed by atoms with Gasteiger partial charge in [0.15, 0.2) is 0 Å². The van der Waals surface area contributed by atoms with Gasteiger partial charge >= 0.3 is 0 Å². The molecule has 1 atom stereocenters. The SMILES string of the molecule is CCCCCCCCC(CO)Cc1ccccc1Cl. The molecular weight excluding hydrogens is 256 g/mol. The van der Waals surface area contributed by atoms with E-state index in [-0.39, 0.29) is 6.61 Å². The molecule has 19 heavy (non-hydrogen) atoms. The Morgan fingerprint density at radius 2 is 1.74 bits per heavy atom. The van der Waals surface area contributed by atoms with Crippen LogP contribution < -0.4 is 0 Å². The second kappa shape index (κ2) is 10.3. The summed E-state index contributed by atoms with van der Waals surface area (Å²) in [5.41, 5.74) is 1.16. The molecule has 0 saturated carbocycles. The zero-order valence-electron chi connectivity index (χ0n) is 12.1. The highest BCUT2D eigenvalue weighted by molar-refractivity contribution is 6.31. The van der Waals surface area contributed by atoms with Gasteiger partial charge in [-0.2, -0.15) is 0 Å². The van der Waals surface area contributed by atoms with Gasteiger partial charge in [0.25, 0.3) is 0 Å². The predicted molar refractivity (Wildman–Crippen MR) is 83.7 cm³/mol. The number of unbranched alkanes of at least 4 members (excludes halogenated alkanes) is 5. The minimum Gasteiger partial charge on any atom is -0.396 e. The lowest BCUT2D eigenvalue weighted by atomic mass is 9.94. The molecule has 0 aliphatic rings. The smallest absolute Gasteiger partial charge is 0.0462 e. The van der Waals surface area contributed by atoms with Crippen LogP contribution in [0.15, 0.2) is 24.3 Å². The number of aliphatic hydroxyl groups excluding tert-OH is 1. The summed E-state index contributed by atoms with van der Waals surface area (Å²) in [4.78, 5) is 0. The summed E-state index contributed by atoms with van der Waals surface area (Å²) in [6.45, 7) is 2.51. The minimum atomic E-state index is 0.264. The molecule has 0 aliphatic heterocycles. The Morgan fingerprint density at radius 1 is 1.05 bits per heavy atom. The fourth-order valence-electron chi connectivity index (χ4n) is 2.45. The van der Waals surface area contributed by atoms with Crippen LogP contribution in [0.1, 0.15) is 57.4 Å². The third-order valence-electron chi connectivity index (χ3n) is 3.69. The van der Waals surface area contributed by atoms with Crippen molar-refractivity contribution >= 4 is 11.6 Å². The fourth-order valence-corrected chi connectivity index (χ4v) is 2.66. The molecule has 108 valence electrons. The lowest BCUT2D eigenvalue weighted by Gasteiger charge is -2.15. The van der Waals surface area contributed by atoms with Crippen molar-refractivity contribution in [3.8, 4) is 0 Å². The number of benzene rings is 1. The Morgan fingerprint density at radius 3 is 2.42 bits per heavy atom. The van der Waals surface area contributed by atoms with Gasteiger partial charge in [-0.1, -0.05) is 75.2 Å². The van der Waals surface area contributed by atoms with Crippen LogP contribution in [0.4, 0.5) is 0 Å². The second-order valence-corrected chi connectivity index (χ2v) is 5.81. The van der Waals surface area contributed by atoms with Crippen LogP contribution in [0, 0.1) is 5.92 Å². The molecule has 2 heteroatoms. The highest BCUT2D eigenvalue weighted by Crippen LogP contribution is 2.22. The lowest BCUT2D eigenvalue weighted by molar-refractivity contribution is 0.214. The second-order valence-electron chi connectivity index (χ2n) is 5.40. The van der Waals surface area contributed by atoms with Gasteiger partial charge in [-0.15, -0.1) is 0 Å². The van der Waals surface area contributed by atoms with Crippen LogP contribution in [0.5, 0.6) is 0 Å². The number of rotatable bonds is 10. The molecule has 0 amide bonds. The van der Waals surface area contributed by atoms with Crippen LogP contribution in [0.2, 0.25) is 5.02 Å². The van der Waals surface area contributed by atoms with Crippen LogP contribution >= 0.6 is 11.6 Å². The third kappa shape index (κ3) is 6.98. The van der Waals surface area contributed by atoms with E-state index in [1.54, 1.807) is 0 Å². The highest BCUT2D eigenvalue weighted by atomic mass is 35.5. The van der Waals surface area contributed by atoms with Crippen LogP contribution in [0.25, 0.3) is 0 Å². The van der Waals surface area contributed by atoms with Gasteiger partial charge in [0.05, 0.1) is 0 Å². The van der Waals surface area contributed by atoms with Crippen molar-refractivity contribution in [1.29, 1.82) is 0 Å². The maximum atomic E-state index is 9.48. The number of aliphatic hydroxyl groups is 1. The first kappa shape index (κ1) is 16.5. The molecule has 1 nitrogen and oxygen atoms in total. The van der Waals surface area contributed by atoms with Crippen molar-refractivity contribution in [3.63, 3.8) is 0 Å². The van der Waals surface area contributed by atoms with E-state index >= 15 is 0 Å². The molecule has 0 aliphatic carbocycles. The maximum absolute atomic E-state index is 9.48. The van der Waals surface area contributed by atoms with E-state index in [1.807, 2.05) is 18.2 Å². The van der Waals surface area contributed by atoms with Gasteiger partial charge in [0.2, 0.25) is 0 Å². The van der Waals surface area contributed by atoms with Crippen LogP contribution in [0.3, 0.4) is 0 Å². The minimum absolute atomic E-state index is 0.264. The van der Waals surface area contributed by atoms with Crippen molar-refractivity contribution in [2.24, 2.45) is 5.92 Å². The van der Waals surface area contributed by atoms with Gasteiger partial charge in [0, 0.05) is 11.6 Å². The summed E-state index contributed by atoms with van der Waals surface area (Å²) < 4.78 is 0. The summed E-state index contributed by atoms with van der Waals surface area (Å²) in [7, 11) is 0. The van der Waals surface area contributed by atoms with Gasteiger partial charge in [0.1, 0.15) is 0 Å². The van der Waals surface area contributed by atoms with Crippen molar-refractivity contribution in [3.05, 3.63) is 34.9 Å². The van der Waals surface area contributed by atoms with Gasteiger partial charge in [-0.3, -0.25) is 0 Å². The molecule has 1 unspecified atom stereocenters. The molecule has 0 heterocycles.